The SMILES string of the molecule is Cl.OB(O)O.OB(O)O.OB(O)O.OB(O)O.OB(O)O.[H-].[H-].[Sr+2]. The van der Waals surface area contributed by atoms with Crippen molar-refractivity contribution in [3.05, 3.63) is 0 Å². The van der Waals surface area contributed by atoms with Crippen molar-refractivity contribution < 1.29 is 78.2 Å². The molecule has 0 heterocycles. The van der Waals surface area contributed by atoms with Crippen molar-refractivity contribution in [1.82, 2.24) is 0 Å². The first-order valence-corrected chi connectivity index (χ1v) is 3.87. The van der Waals surface area contributed by atoms with E-state index in [1.54, 1.807) is 0 Å². The minimum absolute atomic E-state index is 0. The molecule has 15 N–H and O–H groups in total. The molecule has 0 aromatic heterocycles. The molecule has 0 aromatic rings. The summed E-state index contributed by atoms with van der Waals surface area (Å²) in [6, 6.07) is 0. The van der Waals surface area contributed by atoms with Gasteiger partial charge in [0.15, 0.2) is 0 Å². The third-order valence-corrected chi connectivity index (χ3v) is 0. The molecule has 22 heavy (non-hydrogen) atoms. The summed E-state index contributed by atoms with van der Waals surface area (Å²) in [7, 11) is -10.8. The number of hydrogen-bond acceptors (Lipinski definition) is 15. The van der Waals surface area contributed by atoms with Gasteiger partial charge < -0.3 is 78.2 Å². The Morgan fingerprint density at radius 2 is 0.318 bits per heavy atom. The fraction of sp³-hybridized carbons (Fsp3) is 0. The van der Waals surface area contributed by atoms with Crippen LogP contribution in [-0.2, 0) is 0 Å². The molecule has 22 heteroatoms. The summed E-state index contributed by atoms with van der Waals surface area (Å²) in [5.41, 5.74) is 0. The summed E-state index contributed by atoms with van der Waals surface area (Å²) < 4.78 is 0. The van der Waals surface area contributed by atoms with Gasteiger partial charge in [-0.3, -0.25) is 0 Å². The first-order chi connectivity index (χ1) is 8.66. The summed E-state index contributed by atoms with van der Waals surface area (Å²) in [5.74, 6) is 0. The van der Waals surface area contributed by atoms with E-state index in [1.165, 1.54) is 0 Å². The Balaban J connectivity index is -0.0000000161. The second kappa shape index (κ2) is 38.2. The molecule has 0 radical (unpaired) electrons. The molecule has 0 amide bonds. The molecule has 0 unspecified atom stereocenters. The minimum Gasteiger partial charge on any atom is -1.00 e. The van der Waals surface area contributed by atoms with Gasteiger partial charge in [0, 0.05) is 0 Å². The molecule has 0 bridgehead atoms. The van der Waals surface area contributed by atoms with Crippen molar-refractivity contribution >= 4 is 94.5 Å². The largest absolute Gasteiger partial charge is 2.00 e. The van der Waals surface area contributed by atoms with Gasteiger partial charge in [0.1, 0.15) is 0 Å². The van der Waals surface area contributed by atoms with Crippen molar-refractivity contribution in [3.63, 3.8) is 0 Å². The Labute approximate surface area is 171 Å². The van der Waals surface area contributed by atoms with E-state index in [-0.39, 0.29) is 60.7 Å². The Hall–Kier alpha value is 1.50. The van der Waals surface area contributed by atoms with Crippen molar-refractivity contribution in [2.75, 3.05) is 0 Å². The first-order valence-electron chi connectivity index (χ1n) is 3.87. The third-order valence-electron chi connectivity index (χ3n) is 0. The van der Waals surface area contributed by atoms with Crippen LogP contribution >= 0.6 is 12.4 Å². The van der Waals surface area contributed by atoms with Gasteiger partial charge in [0.05, 0.1) is 0 Å². The van der Waals surface area contributed by atoms with E-state index in [9.17, 15) is 0 Å². The number of rotatable bonds is 0. The smallest absolute Gasteiger partial charge is 1.00 e. The van der Waals surface area contributed by atoms with Crippen LogP contribution in [0.15, 0.2) is 0 Å². The molecule has 0 rings (SSSR count). The molecule has 0 aliphatic carbocycles. The van der Waals surface area contributed by atoms with Gasteiger partial charge in [0.25, 0.3) is 0 Å². The van der Waals surface area contributed by atoms with E-state index in [0.29, 0.717) is 0 Å². The minimum atomic E-state index is -2.17. The van der Waals surface area contributed by atoms with Gasteiger partial charge in [-0.2, -0.15) is 0 Å². The van der Waals surface area contributed by atoms with E-state index >= 15 is 0 Å². The number of hydrogen-bond donors (Lipinski definition) is 15. The van der Waals surface area contributed by atoms with E-state index < -0.39 is 36.6 Å². The quantitative estimate of drug-likeness (QED) is 0.157. The first kappa shape index (κ1) is 43.7. The molecule has 0 aromatic carbocycles. The standard InChI is InChI=1S/5BH3O3.ClH.Sr.2H/c5*2-1(3)4;;;;/h5*2-4H;1H;;;/q;;;;;;+2;2*-1. The maximum absolute atomic E-state index is 7.17. The Kier molecular flexibility index (Phi) is 75.9. The normalized spacial score (nSPS) is 6.14. The Morgan fingerprint density at radius 3 is 0.318 bits per heavy atom. The van der Waals surface area contributed by atoms with Crippen LogP contribution in [0.25, 0.3) is 0 Å². The zero-order chi connectivity index (χ0) is 17.9. The van der Waals surface area contributed by atoms with Crippen LogP contribution < -0.4 is 0 Å². The summed E-state index contributed by atoms with van der Waals surface area (Å²) in [4.78, 5) is 0. The zero-order valence-corrected chi connectivity index (χ0v) is 15.0. The predicted octanol–water partition coefficient (Wildman–Crippen LogP) is -9.99. The fourth-order valence-corrected chi connectivity index (χ4v) is 0. The average molecular weight is 435 g/mol. The van der Waals surface area contributed by atoms with Crippen LogP contribution in [0, 0.1) is 0 Å². The zero-order valence-electron chi connectivity index (χ0n) is 12.7. The molecule has 0 aliphatic heterocycles. The van der Waals surface area contributed by atoms with Gasteiger partial charge in [-0.15, -0.1) is 12.4 Å². The molecule has 0 spiro atoms. The Bertz CT molecular complexity index is 96.4. The topological polar surface area (TPSA) is 303 Å². The average Bonchev–Trinajstić information content (AvgIpc) is 1.94. The van der Waals surface area contributed by atoms with Crippen LogP contribution in [0.3, 0.4) is 0 Å². The molecule has 0 saturated heterocycles. The van der Waals surface area contributed by atoms with E-state index in [2.05, 4.69) is 0 Å². The van der Waals surface area contributed by atoms with Crippen LogP contribution in [-0.4, -0.2) is 157 Å². The van der Waals surface area contributed by atoms with Gasteiger partial charge in [0.2, 0.25) is 0 Å². The van der Waals surface area contributed by atoms with Gasteiger partial charge in [-0.05, 0) is 0 Å². The third kappa shape index (κ3) is 4040. The van der Waals surface area contributed by atoms with Gasteiger partial charge in [-0.1, -0.05) is 0 Å². The van der Waals surface area contributed by atoms with E-state index in [4.69, 9.17) is 75.4 Å². The van der Waals surface area contributed by atoms with Crippen molar-refractivity contribution in [1.29, 1.82) is 0 Å². The van der Waals surface area contributed by atoms with E-state index in [0.717, 1.165) is 0 Å². The second-order valence-corrected chi connectivity index (χ2v) is 1.73. The molecule has 0 fully saturated rings. The van der Waals surface area contributed by atoms with E-state index in [1.807, 2.05) is 0 Å². The van der Waals surface area contributed by atoms with Crippen LogP contribution in [0.5, 0.6) is 0 Å². The molecule has 0 atom stereocenters. The molecular weight excluding hydrogens is 417 g/mol. The van der Waals surface area contributed by atoms with Crippen LogP contribution in [0.2, 0.25) is 0 Å². The molecule has 132 valence electrons. The van der Waals surface area contributed by atoms with Gasteiger partial charge >= 0.3 is 82.1 Å². The van der Waals surface area contributed by atoms with Crippen LogP contribution in [0.1, 0.15) is 2.85 Å². The molecule has 0 aliphatic rings. The maximum atomic E-state index is 7.17. The van der Waals surface area contributed by atoms with Crippen LogP contribution in [0.4, 0.5) is 0 Å². The molecule has 0 saturated carbocycles. The Morgan fingerprint density at radius 1 is 0.318 bits per heavy atom. The molecule has 15 nitrogen and oxygen atoms in total. The molecular formula is H18B5ClO15Sr. The fourth-order valence-electron chi connectivity index (χ4n) is 0. The monoisotopic (exact) mass is 436 g/mol. The second-order valence-electron chi connectivity index (χ2n) is 1.73. The van der Waals surface area contributed by atoms with Crippen molar-refractivity contribution in [2.24, 2.45) is 0 Å². The number of halogens is 1. The summed E-state index contributed by atoms with van der Waals surface area (Å²) in [6.07, 6.45) is 0. The van der Waals surface area contributed by atoms with Crippen molar-refractivity contribution in [2.45, 2.75) is 0 Å². The van der Waals surface area contributed by atoms with Gasteiger partial charge in [-0.25, -0.2) is 0 Å². The maximum Gasteiger partial charge on any atom is 2.00 e. The summed E-state index contributed by atoms with van der Waals surface area (Å²) in [5, 5.41) is 108. The predicted molar refractivity (Wildman–Crippen MR) is 77.3 cm³/mol. The van der Waals surface area contributed by atoms with Crippen molar-refractivity contribution in [3.8, 4) is 0 Å². The summed E-state index contributed by atoms with van der Waals surface area (Å²) >= 11 is 0. The summed E-state index contributed by atoms with van der Waals surface area (Å²) in [6.45, 7) is 0.